The molecular formula is C22H23FN2O5S. The van der Waals surface area contributed by atoms with Crippen LogP contribution in [-0.2, 0) is 19.6 Å². The van der Waals surface area contributed by atoms with E-state index >= 15 is 0 Å². The van der Waals surface area contributed by atoms with Gasteiger partial charge in [-0.25, -0.2) is 17.6 Å². The average molecular weight is 447 g/mol. The fourth-order valence-corrected chi connectivity index (χ4v) is 4.58. The van der Waals surface area contributed by atoms with E-state index in [4.69, 9.17) is 4.74 Å². The maximum Gasteiger partial charge on any atom is 0.338 e. The van der Waals surface area contributed by atoms with Gasteiger partial charge in [0.1, 0.15) is 5.82 Å². The molecule has 3 rings (SSSR count). The molecule has 1 heterocycles. The Morgan fingerprint density at radius 3 is 2.35 bits per heavy atom. The molecule has 1 fully saturated rings. The van der Waals surface area contributed by atoms with Crippen molar-refractivity contribution in [2.75, 3.05) is 32.8 Å². The van der Waals surface area contributed by atoms with Gasteiger partial charge in [0.05, 0.1) is 17.1 Å². The predicted octanol–water partition coefficient (Wildman–Crippen LogP) is 2.55. The van der Waals surface area contributed by atoms with E-state index in [1.54, 1.807) is 24.0 Å². The van der Waals surface area contributed by atoms with E-state index < -0.39 is 16.0 Å². The van der Waals surface area contributed by atoms with Gasteiger partial charge in [0.25, 0.3) is 0 Å². The van der Waals surface area contributed by atoms with Crippen molar-refractivity contribution in [3.8, 4) is 0 Å². The van der Waals surface area contributed by atoms with Crippen molar-refractivity contribution in [3.63, 3.8) is 0 Å². The average Bonchev–Trinajstić information content (AvgIpc) is 2.78. The number of rotatable bonds is 6. The van der Waals surface area contributed by atoms with Gasteiger partial charge in [-0.05, 0) is 55.0 Å². The lowest BCUT2D eigenvalue weighted by atomic mass is 10.2. The maximum absolute atomic E-state index is 13.2. The molecule has 1 saturated heterocycles. The zero-order valence-corrected chi connectivity index (χ0v) is 17.8. The number of carbonyl (C=O) groups is 2. The van der Waals surface area contributed by atoms with Crippen molar-refractivity contribution in [3.05, 3.63) is 71.6 Å². The summed E-state index contributed by atoms with van der Waals surface area (Å²) in [4.78, 5) is 25.7. The van der Waals surface area contributed by atoms with E-state index in [-0.39, 0.29) is 55.0 Å². The third-order valence-corrected chi connectivity index (χ3v) is 6.73. The second-order valence-electron chi connectivity index (χ2n) is 6.86. The van der Waals surface area contributed by atoms with Crippen LogP contribution in [0.2, 0.25) is 0 Å². The monoisotopic (exact) mass is 446 g/mol. The molecule has 0 aliphatic carbocycles. The summed E-state index contributed by atoms with van der Waals surface area (Å²) in [7, 11) is -3.74. The van der Waals surface area contributed by atoms with E-state index in [9.17, 15) is 22.4 Å². The summed E-state index contributed by atoms with van der Waals surface area (Å²) < 4.78 is 45.2. The molecule has 164 valence electrons. The molecule has 1 aliphatic heterocycles. The smallest absolute Gasteiger partial charge is 0.338 e. The topological polar surface area (TPSA) is 84.0 Å². The van der Waals surface area contributed by atoms with Crippen LogP contribution in [0.3, 0.4) is 0 Å². The molecule has 0 saturated carbocycles. The summed E-state index contributed by atoms with van der Waals surface area (Å²) in [6.07, 6.45) is 2.88. The largest absolute Gasteiger partial charge is 0.462 e. The van der Waals surface area contributed by atoms with Crippen LogP contribution in [0.25, 0.3) is 6.08 Å². The third kappa shape index (κ3) is 5.56. The van der Waals surface area contributed by atoms with Crippen LogP contribution in [-0.4, -0.2) is 62.3 Å². The number of ether oxygens (including phenoxy) is 1. The molecule has 1 aliphatic rings. The Bertz CT molecular complexity index is 1080. The predicted molar refractivity (Wildman–Crippen MR) is 113 cm³/mol. The summed E-state index contributed by atoms with van der Waals surface area (Å²) in [5, 5.41) is 0. The number of carbonyl (C=O) groups excluding carboxylic acids is 2. The molecule has 0 radical (unpaired) electrons. The Kier molecular flexibility index (Phi) is 7.19. The number of halogens is 1. The lowest BCUT2D eigenvalue weighted by Gasteiger charge is -2.33. The fraction of sp³-hybridized carbons (Fsp3) is 0.273. The summed E-state index contributed by atoms with van der Waals surface area (Å²) >= 11 is 0. The van der Waals surface area contributed by atoms with Gasteiger partial charge in [0, 0.05) is 32.3 Å². The molecular weight excluding hydrogens is 423 g/mol. The number of nitrogens with zero attached hydrogens (tertiary/aromatic N) is 2. The highest BCUT2D eigenvalue weighted by atomic mass is 32.2. The quantitative estimate of drug-likeness (QED) is 0.503. The van der Waals surface area contributed by atoms with Gasteiger partial charge < -0.3 is 9.64 Å². The van der Waals surface area contributed by atoms with Gasteiger partial charge in [-0.2, -0.15) is 4.31 Å². The number of amides is 1. The number of esters is 1. The molecule has 0 bridgehead atoms. The highest BCUT2D eigenvalue weighted by Crippen LogP contribution is 2.19. The molecule has 7 nitrogen and oxygen atoms in total. The first kappa shape index (κ1) is 22.6. The Morgan fingerprint density at radius 2 is 1.74 bits per heavy atom. The summed E-state index contributed by atoms with van der Waals surface area (Å²) in [6, 6.07) is 11.5. The van der Waals surface area contributed by atoms with Crippen LogP contribution >= 0.6 is 0 Å². The lowest BCUT2D eigenvalue weighted by molar-refractivity contribution is -0.127. The molecule has 2 aromatic carbocycles. The van der Waals surface area contributed by atoms with E-state index in [0.717, 1.165) is 0 Å². The standard InChI is InChI=1S/C22H23FN2O5S/c1-2-30-22(27)18-7-9-20(10-8-18)31(28,29)25-14-12-24(13-15-25)21(26)11-6-17-4-3-5-19(23)16-17/h3-11,16H,2,12-15H2,1H3/b11-6+. The summed E-state index contributed by atoms with van der Waals surface area (Å²) in [5.74, 6) is -1.16. The van der Waals surface area contributed by atoms with Crippen molar-refractivity contribution >= 4 is 28.0 Å². The van der Waals surface area contributed by atoms with Crippen molar-refractivity contribution in [2.24, 2.45) is 0 Å². The lowest BCUT2D eigenvalue weighted by Crippen LogP contribution is -2.50. The van der Waals surface area contributed by atoms with Crippen LogP contribution in [0, 0.1) is 5.82 Å². The molecule has 0 unspecified atom stereocenters. The van der Waals surface area contributed by atoms with Crippen LogP contribution in [0.15, 0.2) is 59.5 Å². The van der Waals surface area contributed by atoms with Gasteiger partial charge in [-0.1, -0.05) is 12.1 Å². The molecule has 31 heavy (non-hydrogen) atoms. The van der Waals surface area contributed by atoms with Gasteiger partial charge in [0.2, 0.25) is 15.9 Å². The molecule has 1 amide bonds. The van der Waals surface area contributed by atoms with Crippen molar-refractivity contribution in [2.45, 2.75) is 11.8 Å². The minimum absolute atomic E-state index is 0.0753. The summed E-state index contributed by atoms with van der Waals surface area (Å²) in [5.41, 5.74) is 0.849. The van der Waals surface area contributed by atoms with Crippen LogP contribution in [0.5, 0.6) is 0 Å². The number of benzene rings is 2. The third-order valence-electron chi connectivity index (χ3n) is 4.82. The van der Waals surface area contributed by atoms with Crippen LogP contribution < -0.4 is 0 Å². The van der Waals surface area contributed by atoms with Crippen LogP contribution in [0.1, 0.15) is 22.8 Å². The Hall–Kier alpha value is -3.04. The number of hydrogen-bond acceptors (Lipinski definition) is 5. The molecule has 2 aromatic rings. The highest BCUT2D eigenvalue weighted by molar-refractivity contribution is 7.89. The van der Waals surface area contributed by atoms with E-state index in [0.29, 0.717) is 5.56 Å². The van der Waals surface area contributed by atoms with Gasteiger partial charge in [-0.3, -0.25) is 4.79 Å². The Labute approximate surface area is 180 Å². The highest BCUT2D eigenvalue weighted by Gasteiger charge is 2.29. The van der Waals surface area contributed by atoms with E-state index in [1.165, 1.54) is 52.9 Å². The molecule has 0 aromatic heterocycles. The Morgan fingerprint density at radius 1 is 1.06 bits per heavy atom. The molecule has 9 heteroatoms. The normalized spacial score (nSPS) is 15.2. The van der Waals surface area contributed by atoms with Crippen LogP contribution in [0.4, 0.5) is 4.39 Å². The van der Waals surface area contributed by atoms with Gasteiger partial charge in [0.15, 0.2) is 0 Å². The molecule has 0 atom stereocenters. The van der Waals surface area contributed by atoms with E-state index in [1.807, 2.05) is 0 Å². The van der Waals surface area contributed by atoms with E-state index in [2.05, 4.69) is 0 Å². The second-order valence-corrected chi connectivity index (χ2v) is 8.80. The number of piperazine rings is 1. The van der Waals surface area contributed by atoms with Crippen molar-refractivity contribution < 1.29 is 27.1 Å². The number of sulfonamides is 1. The fourth-order valence-electron chi connectivity index (χ4n) is 3.16. The van der Waals surface area contributed by atoms with Crippen molar-refractivity contribution in [1.82, 2.24) is 9.21 Å². The van der Waals surface area contributed by atoms with Gasteiger partial charge in [-0.15, -0.1) is 0 Å². The Balaban J connectivity index is 1.60. The first-order valence-electron chi connectivity index (χ1n) is 9.81. The first-order valence-corrected chi connectivity index (χ1v) is 11.2. The second kappa shape index (κ2) is 9.84. The number of hydrogen-bond donors (Lipinski definition) is 0. The first-order chi connectivity index (χ1) is 14.8. The minimum atomic E-state index is -3.74. The maximum atomic E-state index is 13.2. The zero-order valence-electron chi connectivity index (χ0n) is 17.0. The molecule has 0 spiro atoms. The minimum Gasteiger partial charge on any atom is -0.462 e. The molecule has 0 N–H and O–H groups in total. The zero-order chi connectivity index (χ0) is 22.4. The van der Waals surface area contributed by atoms with Gasteiger partial charge >= 0.3 is 5.97 Å². The summed E-state index contributed by atoms with van der Waals surface area (Å²) in [6.45, 7) is 2.72. The van der Waals surface area contributed by atoms with Crippen molar-refractivity contribution in [1.29, 1.82) is 0 Å². The SMILES string of the molecule is CCOC(=O)c1ccc(S(=O)(=O)N2CCN(C(=O)/C=C/c3cccc(F)c3)CC2)cc1.